The summed E-state index contributed by atoms with van der Waals surface area (Å²) < 4.78 is 0. The molecule has 0 aromatic heterocycles. The van der Waals surface area contributed by atoms with Crippen molar-refractivity contribution in [3.8, 4) is 0 Å². The number of thioether (sulfide) groups is 1. The molecular formula is C10H16N2S. The van der Waals surface area contributed by atoms with Gasteiger partial charge in [0.25, 0.3) is 0 Å². The summed E-state index contributed by atoms with van der Waals surface area (Å²) in [6.45, 7) is 3.09. The monoisotopic (exact) mass is 196 g/mol. The fourth-order valence-electron chi connectivity index (χ4n) is 1.05. The molecule has 72 valence electrons. The van der Waals surface area contributed by atoms with E-state index in [1.165, 1.54) is 10.5 Å². The van der Waals surface area contributed by atoms with Gasteiger partial charge in [-0.05, 0) is 31.7 Å². The topological polar surface area (TPSA) is 38.0 Å². The van der Waals surface area contributed by atoms with Crippen LogP contribution in [0.1, 0.15) is 5.56 Å². The van der Waals surface area contributed by atoms with Gasteiger partial charge in [-0.2, -0.15) is 0 Å². The Morgan fingerprint density at radius 2 is 2.23 bits per heavy atom. The maximum absolute atomic E-state index is 5.80. The van der Waals surface area contributed by atoms with Crippen molar-refractivity contribution in [3.63, 3.8) is 0 Å². The van der Waals surface area contributed by atoms with Crippen molar-refractivity contribution >= 4 is 17.4 Å². The number of nitrogen functional groups attached to an aromatic ring is 1. The highest BCUT2D eigenvalue weighted by Gasteiger charge is 2.00. The van der Waals surface area contributed by atoms with Crippen LogP contribution in [-0.4, -0.2) is 19.3 Å². The Morgan fingerprint density at radius 1 is 1.46 bits per heavy atom. The van der Waals surface area contributed by atoms with Crippen molar-refractivity contribution in [2.75, 3.05) is 25.1 Å². The standard InChI is InChI=1S/C10H16N2S/c1-8-9(11)4-3-5-10(8)13-7-6-12-2/h3-5,12H,6-7,11H2,1-2H3. The van der Waals surface area contributed by atoms with E-state index in [4.69, 9.17) is 5.73 Å². The highest BCUT2D eigenvalue weighted by Crippen LogP contribution is 2.25. The van der Waals surface area contributed by atoms with E-state index in [0.29, 0.717) is 0 Å². The lowest BCUT2D eigenvalue weighted by molar-refractivity contribution is 0.871. The number of benzene rings is 1. The first-order chi connectivity index (χ1) is 6.25. The molecular weight excluding hydrogens is 180 g/mol. The van der Waals surface area contributed by atoms with Gasteiger partial charge in [-0.3, -0.25) is 0 Å². The lowest BCUT2D eigenvalue weighted by atomic mass is 10.2. The minimum absolute atomic E-state index is 0.884. The van der Waals surface area contributed by atoms with Gasteiger partial charge in [0.2, 0.25) is 0 Å². The summed E-state index contributed by atoms with van der Waals surface area (Å²) in [6.07, 6.45) is 0. The average molecular weight is 196 g/mol. The van der Waals surface area contributed by atoms with Gasteiger partial charge in [0.05, 0.1) is 0 Å². The van der Waals surface area contributed by atoms with Gasteiger partial charge in [-0.1, -0.05) is 6.07 Å². The molecule has 1 rings (SSSR count). The average Bonchev–Trinajstić information content (AvgIpc) is 2.13. The van der Waals surface area contributed by atoms with E-state index < -0.39 is 0 Å². The van der Waals surface area contributed by atoms with Crippen LogP contribution < -0.4 is 11.1 Å². The van der Waals surface area contributed by atoms with Crippen LogP contribution in [0.5, 0.6) is 0 Å². The summed E-state index contributed by atoms with van der Waals surface area (Å²) in [7, 11) is 1.97. The minimum Gasteiger partial charge on any atom is -0.398 e. The third-order valence-electron chi connectivity index (χ3n) is 1.94. The molecule has 1 aromatic carbocycles. The first-order valence-corrected chi connectivity index (χ1v) is 5.36. The fourth-order valence-corrected chi connectivity index (χ4v) is 2.09. The molecule has 0 aliphatic heterocycles. The molecule has 13 heavy (non-hydrogen) atoms. The van der Waals surface area contributed by atoms with Gasteiger partial charge in [-0.15, -0.1) is 11.8 Å². The highest BCUT2D eigenvalue weighted by molar-refractivity contribution is 7.99. The second kappa shape index (κ2) is 5.14. The Kier molecular flexibility index (Phi) is 4.12. The SMILES string of the molecule is CNCCSc1cccc(N)c1C. The summed E-state index contributed by atoms with van der Waals surface area (Å²) >= 11 is 1.84. The van der Waals surface area contributed by atoms with E-state index in [1.54, 1.807) is 0 Å². The fraction of sp³-hybridized carbons (Fsp3) is 0.400. The van der Waals surface area contributed by atoms with Crippen molar-refractivity contribution in [1.82, 2.24) is 5.32 Å². The van der Waals surface area contributed by atoms with E-state index in [9.17, 15) is 0 Å². The van der Waals surface area contributed by atoms with Gasteiger partial charge in [0, 0.05) is 22.9 Å². The Hall–Kier alpha value is -0.670. The zero-order valence-electron chi connectivity index (χ0n) is 8.13. The summed E-state index contributed by atoms with van der Waals surface area (Å²) in [5, 5.41) is 3.12. The number of anilines is 1. The van der Waals surface area contributed by atoms with Crippen LogP contribution >= 0.6 is 11.8 Å². The minimum atomic E-state index is 0.884. The normalized spacial score (nSPS) is 10.3. The van der Waals surface area contributed by atoms with Gasteiger partial charge >= 0.3 is 0 Å². The number of hydrogen-bond acceptors (Lipinski definition) is 3. The van der Waals surface area contributed by atoms with Crippen molar-refractivity contribution in [3.05, 3.63) is 23.8 Å². The molecule has 0 saturated heterocycles. The lowest BCUT2D eigenvalue weighted by Gasteiger charge is -2.07. The third-order valence-corrected chi connectivity index (χ3v) is 3.10. The van der Waals surface area contributed by atoms with Gasteiger partial charge in [-0.25, -0.2) is 0 Å². The summed E-state index contributed by atoms with van der Waals surface area (Å²) in [4.78, 5) is 1.29. The first kappa shape index (κ1) is 10.4. The second-order valence-electron chi connectivity index (χ2n) is 2.92. The molecule has 0 unspecified atom stereocenters. The van der Waals surface area contributed by atoms with Crippen LogP contribution in [0.25, 0.3) is 0 Å². The van der Waals surface area contributed by atoms with Crippen molar-refractivity contribution in [1.29, 1.82) is 0 Å². The Balaban J connectivity index is 2.61. The van der Waals surface area contributed by atoms with Crippen molar-refractivity contribution in [2.24, 2.45) is 0 Å². The van der Waals surface area contributed by atoms with E-state index in [-0.39, 0.29) is 0 Å². The summed E-state index contributed by atoms with van der Waals surface area (Å²) in [5.74, 6) is 1.08. The molecule has 0 atom stereocenters. The van der Waals surface area contributed by atoms with E-state index in [0.717, 1.165) is 18.0 Å². The van der Waals surface area contributed by atoms with E-state index in [2.05, 4.69) is 18.3 Å². The Bertz CT molecular complexity index is 274. The van der Waals surface area contributed by atoms with Gasteiger partial charge in [0.1, 0.15) is 0 Å². The molecule has 0 bridgehead atoms. The molecule has 0 amide bonds. The van der Waals surface area contributed by atoms with E-state index >= 15 is 0 Å². The molecule has 0 saturated carbocycles. The maximum atomic E-state index is 5.80. The zero-order chi connectivity index (χ0) is 9.68. The molecule has 3 heteroatoms. The van der Waals surface area contributed by atoms with Gasteiger partial charge < -0.3 is 11.1 Å². The predicted molar refractivity (Wildman–Crippen MR) is 60.2 cm³/mol. The molecule has 0 fully saturated rings. The Labute approximate surface area is 83.9 Å². The predicted octanol–water partition coefficient (Wildman–Crippen LogP) is 1.89. The number of hydrogen-bond donors (Lipinski definition) is 2. The van der Waals surface area contributed by atoms with Crippen LogP contribution in [0.3, 0.4) is 0 Å². The smallest absolute Gasteiger partial charge is 0.0354 e. The molecule has 0 heterocycles. The second-order valence-corrected chi connectivity index (χ2v) is 4.06. The summed E-state index contributed by atoms with van der Waals surface area (Å²) in [5.41, 5.74) is 7.88. The van der Waals surface area contributed by atoms with Gasteiger partial charge in [0.15, 0.2) is 0 Å². The summed E-state index contributed by atoms with van der Waals surface area (Å²) in [6, 6.07) is 6.06. The molecule has 1 aromatic rings. The van der Waals surface area contributed by atoms with Crippen molar-refractivity contribution in [2.45, 2.75) is 11.8 Å². The van der Waals surface area contributed by atoms with Crippen LogP contribution in [0, 0.1) is 6.92 Å². The van der Waals surface area contributed by atoms with Crippen LogP contribution in [0.15, 0.2) is 23.1 Å². The molecule has 0 spiro atoms. The van der Waals surface area contributed by atoms with Crippen LogP contribution in [0.4, 0.5) is 5.69 Å². The third kappa shape index (κ3) is 2.94. The first-order valence-electron chi connectivity index (χ1n) is 4.38. The number of rotatable bonds is 4. The highest BCUT2D eigenvalue weighted by atomic mass is 32.2. The number of nitrogens with one attached hydrogen (secondary N) is 1. The zero-order valence-corrected chi connectivity index (χ0v) is 8.95. The van der Waals surface area contributed by atoms with E-state index in [1.807, 2.05) is 30.9 Å². The van der Waals surface area contributed by atoms with Crippen molar-refractivity contribution < 1.29 is 0 Å². The molecule has 3 N–H and O–H groups in total. The van der Waals surface area contributed by atoms with Crippen LogP contribution in [0.2, 0.25) is 0 Å². The number of nitrogens with two attached hydrogens (primary N) is 1. The Morgan fingerprint density at radius 3 is 2.92 bits per heavy atom. The van der Waals surface area contributed by atoms with Crippen LogP contribution in [-0.2, 0) is 0 Å². The lowest BCUT2D eigenvalue weighted by Crippen LogP contribution is -2.09. The molecule has 2 nitrogen and oxygen atoms in total. The molecule has 0 radical (unpaired) electrons. The maximum Gasteiger partial charge on any atom is 0.0354 e. The molecule has 0 aliphatic rings. The molecule has 0 aliphatic carbocycles. The quantitative estimate of drug-likeness (QED) is 0.439. The largest absolute Gasteiger partial charge is 0.398 e.